The Labute approximate surface area is 197 Å². The standard InChI is InChI=1S/C24H23ClN2O5S/c1-31-19-8-6-17(7-9-19)15-26-24(28)16-32-23-11-10-20(14-21(23)25)33(29,30)27-13-12-18-4-2-3-5-22(18)27/h2-11,14H,12-13,15-16H2,1H3,(H,26,28). The molecule has 0 fully saturated rings. The molecule has 3 aromatic carbocycles. The number of nitrogens with zero attached hydrogens (tertiary/aromatic N) is 1. The van der Waals surface area contributed by atoms with E-state index < -0.39 is 10.0 Å². The number of carbonyl (C=O) groups is 1. The average Bonchev–Trinajstić information content (AvgIpc) is 3.27. The highest BCUT2D eigenvalue weighted by atomic mass is 35.5. The van der Waals surface area contributed by atoms with Gasteiger partial charge in [0.05, 0.1) is 22.7 Å². The largest absolute Gasteiger partial charge is 0.497 e. The number of rotatable bonds is 8. The predicted octanol–water partition coefficient (Wildman–Crippen LogP) is 3.80. The van der Waals surface area contributed by atoms with Gasteiger partial charge in [-0.1, -0.05) is 41.9 Å². The van der Waals surface area contributed by atoms with Crippen molar-refractivity contribution in [2.75, 3.05) is 24.6 Å². The first-order valence-corrected chi connectivity index (χ1v) is 12.1. The van der Waals surface area contributed by atoms with Crippen LogP contribution in [-0.4, -0.2) is 34.6 Å². The van der Waals surface area contributed by atoms with Crippen molar-refractivity contribution in [2.24, 2.45) is 0 Å². The van der Waals surface area contributed by atoms with Gasteiger partial charge in [-0.2, -0.15) is 0 Å². The van der Waals surface area contributed by atoms with Gasteiger partial charge in [-0.3, -0.25) is 9.10 Å². The Balaban J connectivity index is 1.37. The number of benzene rings is 3. The number of methoxy groups -OCH3 is 1. The molecule has 0 unspecified atom stereocenters. The Kier molecular flexibility index (Phi) is 6.76. The van der Waals surface area contributed by atoms with Gasteiger partial charge >= 0.3 is 0 Å². The molecular formula is C24H23ClN2O5S. The molecule has 1 aliphatic heterocycles. The van der Waals surface area contributed by atoms with Crippen molar-refractivity contribution in [3.8, 4) is 11.5 Å². The van der Waals surface area contributed by atoms with Crippen LogP contribution in [0, 0.1) is 0 Å². The van der Waals surface area contributed by atoms with Gasteiger partial charge in [0.1, 0.15) is 11.5 Å². The SMILES string of the molecule is COc1ccc(CNC(=O)COc2ccc(S(=O)(=O)N3CCc4ccccc43)cc2Cl)cc1. The molecule has 0 atom stereocenters. The smallest absolute Gasteiger partial charge is 0.264 e. The van der Waals surface area contributed by atoms with Gasteiger partial charge in [-0.05, 0) is 53.9 Å². The lowest BCUT2D eigenvalue weighted by molar-refractivity contribution is -0.123. The van der Waals surface area contributed by atoms with Crippen molar-refractivity contribution in [3.05, 3.63) is 82.9 Å². The molecule has 7 nitrogen and oxygen atoms in total. The zero-order valence-electron chi connectivity index (χ0n) is 18.0. The van der Waals surface area contributed by atoms with E-state index >= 15 is 0 Å². The minimum absolute atomic E-state index is 0.0699. The molecule has 3 aromatic rings. The predicted molar refractivity (Wildman–Crippen MR) is 126 cm³/mol. The molecule has 0 radical (unpaired) electrons. The van der Waals surface area contributed by atoms with E-state index in [-0.39, 0.29) is 28.2 Å². The fourth-order valence-electron chi connectivity index (χ4n) is 3.58. The topological polar surface area (TPSA) is 84.9 Å². The quantitative estimate of drug-likeness (QED) is 0.523. The van der Waals surface area contributed by atoms with Crippen LogP contribution in [0.2, 0.25) is 5.02 Å². The van der Waals surface area contributed by atoms with Gasteiger partial charge in [0.15, 0.2) is 6.61 Å². The molecule has 1 aliphatic rings. The number of sulfonamides is 1. The van der Waals surface area contributed by atoms with E-state index in [0.29, 0.717) is 25.2 Å². The van der Waals surface area contributed by atoms with Crippen LogP contribution >= 0.6 is 11.6 Å². The Hall–Kier alpha value is -3.23. The molecule has 9 heteroatoms. The van der Waals surface area contributed by atoms with Crippen LogP contribution in [0.25, 0.3) is 0 Å². The van der Waals surface area contributed by atoms with Crippen molar-refractivity contribution in [3.63, 3.8) is 0 Å². The molecule has 0 aliphatic carbocycles. The highest BCUT2D eigenvalue weighted by Gasteiger charge is 2.31. The first-order chi connectivity index (χ1) is 15.9. The summed E-state index contributed by atoms with van der Waals surface area (Å²) in [6.07, 6.45) is 0.663. The number of fused-ring (bicyclic) bond motifs is 1. The molecular weight excluding hydrogens is 464 g/mol. The second-order valence-corrected chi connectivity index (χ2v) is 9.73. The van der Waals surface area contributed by atoms with E-state index in [2.05, 4.69) is 5.32 Å². The third-order valence-electron chi connectivity index (χ3n) is 5.34. The monoisotopic (exact) mass is 486 g/mol. The van der Waals surface area contributed by atoms with Crippen LogP contribution in [0.3, 0.4) is 0 Å². The maximum atomic E-state index is 13.1. The number of hydrogen-bond donors (Lipinski definition) is 1. The highest BCUT2D eigenvalue weighted by molar-refractivity contribution is 7.92. The third-order valence-corrected chi connectivity index (χ3v) is 7.45. The zero-order valence-corrected chi connectivity index (χ0v) is 19.5. The number of nitrogens with one attached hydrogen (secondary N) is 1. The first kappa shape index (κ1) is 22.9. The van der Waals surface area contributed by atoms with Crippen LogP contribution < -0.4 is 19.1 Å². The van der Waals surface area contributed by atoms with Crippen molar-refractivity contribution >= 4 is 33.2 Å². The number of hydrogen-bond acceptors (Lipinski definition) is 5. The fourth-order valence-corrected chi connectivity index (χ4v) is 5.41. The molecule has 0 bridgehead atoms. The second-order valence-electron chi connectivity index (χ2n) is 7.46. The number of carbonyl (C=O) groups excluding carboxylic acids is 1. The van der Waals surface area contributed by atoms with Gasteiger partial charge in [0, 0.05) is 13.1 Å². The summed E-state index contributed by atoms with van der Waals surface area (Å²) in [4.78, 5) is 12.2. The van der Waals surface area contributed by atoms with Gasteiger partial charge in [-0.15, -0.1) is 0 Å². The van der Waals surface area contributed by atoms with E-state index in [1.54, 1.807) is 13.2 Å². The normalized spacial score (nSPS) is 12.8. The molecule has 33 heavy (non-hydrogen) atoms. The van der Waals surface area contributed by atoms with E-state index in [1.165, 1.54) is 22.5 Å². The lowest BCUT2D eigenvalue weighted by Crippen LogP contribution is -2.29. The molecule has 0 aromatic heterocycles. The molecule has 0 saturated carbocycles. The van der Waals surface area contributed by atoms with Crippen LogP contribution in [0.1, 0.15) is 11.1 Å². The minimum atomic E-state index is -3.76. The second kappa shape index (κ2) is 9.72. The van der Waals surface area contributed by atoms with Gasteiger partial charge in [0.2, 0.25) is 0 Å². The summed E-state index contributed by atoms with van der Waals surface area (Å²) < 4.78 is 38.3. The molecule has 1 amide bonds. The summed E-state index contributed by atoms with van der Waals surface area (Å²) in [5.41, 5.74) is 2.59. The Morgan fingerprint density at radius 3 is 2.58 bits per heavy atom. The number of amides is 1. The van der Waals surface area contributed by atoms with E-state index in [1.807, 2.05) is 42.5 Å². The number of ether oxygens (including phenoxy) is 2. The van der Waals surface area contributed by atoms with Crippen LogP contribution in [0.5, 0.6) is 11.5 Å². The Morgan fingerprint density at radius 1 is 1.09 bits per heavy atom. The van der Waals surface area contributed by atoms with Crippen molar-refractivity contribution < 1.29 is 22.7 Å². The van der Waals surface area contributed by atoms with E-state index in [0.717, 1.165) is 16.9 Å². The zero-order chi connectivity index (χ0) is 23.4. The molecule has 0 spiro atoms. The lowest BCUT2D eigenvalue weighted by atomic mass is 10.2. The molecule has 172 valence electrons. The summed E-state index contributed by atoms with van der Waals surface area (Å²) in [5.74, 6) is 0.645. The lowest BCUT2D eigenvalue weighted by Gasteiger charge is -2.20. The van der Waals surface area contributed by atoms with E-state index in [9.17, 15) is 13.2 Å². The minimum Gasteiger partial charge on any atom is -0.497 e. The van der Waals surface area contributed by atoms with Gasteiger partial charge in [-0.25, -0.2) is 8.42 Å². The Bertz CT molecular complexity index is 1260. The molecule has 1 heterocycles. The average molecular weight is 487 g/mol. The fraction of sp³-hybridized carbons (Fsp3) is 0.208. The van der Waals surface area contributed by atoms with Crippen molar-refractivity contribution in [2.45, 2.75) is 17.9 Å². The number of para-hydroxylation sites is 1. The molecule has 0 saturated heterocycles. The van der Waals surface area contributed by atoms with Gasteiger partial charge < -0.3 is 14.8 Å². The maximum Gasteiger partial charge on any atom is 0.264 e. The number of anilines is 1. The first-order valence-electron chi connectivity index (χ1n) is 10.3. The summed E-state index contributed by atoms with van der Waals surface area (Å²) in [7, 11) is -2.17. The summed E-state index contributed by atoms with van der Waals surface area (Å²) in [6, 6.07) is 19.0. The maximum absolute atomic E-state index is 13.1. The van der Waals surface area contributed by atoms with Crippen LogP contribution in [-0.2, 0) is 27.8 Å². The molecule has 4 rings (SSSR count). The Morgan fingerprint density at radius 2 is 1.85 bits per heavy atom. The van der Waals surface area contributed by atoms with Gasteiger partial charge in [0.25, 0.3) is 15.9 Å². The van der Waals surface area contributed by atoms with Crippen LogP contribution in [0.15, 0.2) is 71.6 Å². The number of halogens is 1. The summed E-state index contributed by atoms with van der Waals surface area (Å²) in [5, 5.41) is 2.88. The van der Waals surface area contributed by atoms with E-state index in [4.69, 9.17) is 21.1 Å². The van der Waals surface area contributed by atoms with Crippen molar-refractivity contribution in [1.82, 2.24) is 5.32 Å². The third kappa shape index (κ3) is 5.07. The highest BCUT2D eigenvalue weighted by Crippen LogP contribution is 2.35. The van der Waals surface area contributed by atoms with Crippen molar-refractivity contribution in [1.29, 1.82) is 0 Å². The van der Waals surface area contributed by atoms with Crippen LogP contribution in [0.4, 0.5) is 5.69 Å². The molecule has 1 N–H and O–H groups in total. The summed E-state index contributed by atoms with van der Waals surface area (Å²) >= 11 is 6.28. The summed E-state index contributed by atoms with van der Waals surface area (Å²) in [6.45, 7) is 0.474.